The minimum atomic E-state index is -0.342. The summed E-state index contributed by atoms with van der Waals surface area (Å²) in [6.07, 6.45) is 1.15. The Hall–Kier alpha value is -3.19. The summed E-state index contributed by atoms with van der Waals surface area (Å²) < 4.78 is 4.78. The quantitative estimate of drug-likeness (QED) is 0.706. The zero-order chi connectivity index (χ0) is 20.2. The van der Waals surface area contributed by atoms with Crippen molar-refractivity contribution in [1.29, 1.82) is 0 Å². The lowest BCUT2D eigenvalue weighted by Crippen LogP contribution is -2.35. The minimum Gasteiger partial charge on any atom is -0.453 e. The van der Waals surface area contributed by atoms with Crippen molar-refractivity contribution in [1.82, 2.24) is 9.88 Å². The number of hydrogen-bond acceptors (Lipinski definition) is 5. The van der Waals surface area contributed by atoms with Crippen LogP contribution in [0.4, 0.5) is 9.93 Å². The molecule has 1 aromatic heterocycles. The maximum atomic E-state index is 12.6. The number of thiazole rings is 1. The number of rotatable bonds is 4. The minimum absolute atomic E-state index is 0.188. The van der Waals surface area contributed by atoms with E-state index < -0.39 is 0 Å². The van der Waals surface area contributed by atoms with Crippen LogP contribution in [0.2, 0.25) is 0 Å². The molecule has 0 spiro atoms. The zero-order valence-corrected chi connectivity index (χ0v) is 16.9. The summed E-state index contributed by atoms with van der Waals surface area (Å²) in [6.45, 7) is 1.03. The van der Waals surface area contributed by atoms with Crippen LogP contribution in [0.25, 0.3) is 0 Å². The van der Waals surface area contributed by atoms with Crippen LogP contribution in [-0.4, -0.2) is 35.5 Å². The normalized spacial score (nSPS) is 12.9. The molecule has 0 unspecified atom stereocenters. The third-order valence-corrected chi connectivity index (χ3v) is 5.85. The number of fused-ring (bicyclic) bond motifs is 1. The van der Waals surface area contributed by atoms with E-state index in [0.717, 1.165) is 22.6 Å². The number of aromatic nitrogens is 1. The average Bonchev–Trinajstić information content (AvgIpc) is 3.15. The number of amides is 2. The maximum absolute atomic E-state index is 12.6. The molecule has 1 aliphatic heterocycles. The van der Waals surface area contributed by atoms with Gasteiger partial charge in [0.1, 0.15) is 0 Å². The summed E-state index contributed by atoms with van der Waals surface area (Å²) >= 11 is 1.40. The molecule has 148 valence electrons. The van der Waals surface area contributed by atoms with Gasteiger partial charge in [-0.25, -0.2) is 9.78 Å². The molecule has 0 aliphatic carbocycles. The molecule has 29 heavy (non-hydrogen) atoms. The molecule has 1 aliphatic rings. The van der Waals surface area contributed by atoms with Gasteiger partial charge in [0, 0.05) is 23.4 Å². The standard InChI is InChI=1S/C22H21N3O3S/c1-28-22(27)25-12-11-18-19(14-25)29-21(23-18)24-20(26)17-9-7-16(8-10-17)13-15-5-3-2-4-6-15/h2-10H,11-14H2,1H3,(H,23,24,26). The number of methoxy groups -OCH3 is 1. The lowest BCUT2D eigenvalue weighted by molar-refractivity contribution is 0.102. The van der Waals surface area contributed by atoms with Gasteiger partial charge in [-0.3, -0.25) is 10.1 Å². The summed E-state index contributed by atoms with van der Waals surface area (Å²) in [5, 5.41) is 3.43. The van der Waals surface area contributed by atoms with E-state index in [4.69, 9.17) is 4.74 Å². The van der Waals surface area contributed by atoms with Gasteiger partial charge in [0.15, 0.2) is 5.13 Å². The molecule has 0 radical (unpaired) electrons. The first kappa shape index (κ1) is 19.1. The highest BCUT2D eigenvalue weighted by Crippen LogP contribution is 2.29. The first-order valence-corrected chi connectivity index (χ1v) is 10.2. The summed E-state index contributed by atoms with van der Waals surface area (Å²) in [5.74, 6) is -0.188. The van der Waals surface area contributed by atoms with Crippen LogP contribution in [0.1, 0.15) is 32.1 Å². The van der Waals surface area contributed by atoms with Crippen molar-refractivity contribution in [2.24, 2.45) is 0 Å². The summed E-state index contributed by atoms with van der Waals surface area (Å²) in [4.78, 5) is 31.4. The van der Waals surface area contributed by atoms with Gasteiger partial charge >= 0.3 is 6.09 Å². The Morgan fingerprint density at radius 1 is 1.10 bits per heavy atom. The van der Waals surface area contributed by atoms with E-state index in [-0.39, 0.29) is 12.0 Å². The van der Waals surface area contributed by atoms with Gasteiger partial charge < -0.3 is 9.64 Å². The third kappa shape index (κ3) is 4.46. The van der Waals surface area contributed by atoms with Crippen molar-refractivity contribution in [3.05, 3.63) is 81.9 Å². The zero-order valence-electron chi connectivity index (χ0n) is 16.1. The van der Waals surface area contributed by atoms with Crippen molar-refractivity contribution in [2.45, 2.75) is 19.4 Å². The van der Waals surface area contributed by atoms with Crippen LogP contribution in [0.3, 0.4) is 0 Å². The van der Waals surface area contributed by atoms with E-state index in [1.807, 2.05) is 42.5 Å². The van der Waals surface area contributed by atoms with E-state index in [9.17, 15) is 9.59 Å². The molecule has 0 saturated carbocycles. The highest BCUT2D eigenvalue weighted by molar-refractivity contribution is 7.15. The number of nitrogens with one attached hydrogen (secondary N) is 1. The molecule has 2 amide bonds. The van der Waals surface area contributed by atoms with Crippen LogP contribution in [0.15, 0.2) is 54.6 Å². The number of ether oxygens (including phenoxy) is 1. The molecular weight excluding hydrogens is 386 g/mol. The average molecular weight is 407 g/mol. The molecule has 7 heteroatoms. The molecule has 0 saturated heterocycles. The van der Waals surface area contributed by atoms with Crippen LogP contribution in [-0.2, 0) is 24.1 Å². The highest BCUT2D eigenvalue weighted by Gasteiger charge is 2.25. The topological polar surface area (TPSA) is 71.5 Å². The van der Waals surface area contributed by atoms with Crippen molar-refractivity contribution >= 4 is 28.5 Å². The lowest BCUT2D eigenvalue weighted by atomic mass is 10.0. The first-order valence-electron chi connectivity index (χ1n) is 9.38. The van der Waals surface area contributed by atoms with Gasteiger partial charge in [0.2, 0.25) is 0 Å². The van der Waals surface area contributed by atoms with Crippen molar-refractivity contribution in [2.75, 3.05) is 19.0 Å². The molecule has 4 rings (SSSR count). The number of benzene rings is 2. The van der Waals surface area contributed by atoms with Gasteiger partial charge in [-0.05, 0) is 29.7 Å². The fourth-order valence-corrected chi connectivity index (χ4v) is 4.33. The molecule has 2 aromatic carbocycles. The molecule has 0 fully saturated rings. The van der Waals surface area contributed by atoms with Gasteiger partial charge in [-0.1, -0.05) is 53.8 Å². The van der Waals surface area contributed by atoms with E-state index in [1.165, 1.54) is 24.0 Å². The predicted octanol–water partition coefficient (Wildman–Crippen LogP) is 4.11. The van der Waals surface area contributed by atoms with Gasteiger partial charge in [-0.15, -0.1) is 0 Å². The molecular formula is C22H21N3O3S. The first-order chi connectivity index (χ1) is 14.1. The Morgan fingerprint density at radius 2 is 1.83 bits per heavy atom. The van der Waals surface area contributed by atoms with E-state index >= 15 is 0 Å². The number of carbonyl (C=O) groups is 2. The van der Waals surface area contributed by atoms with Gasteiger partial charge in [0.25, 0.3) is 5.91 Å². The lowest BCUT2D eigenvalue weighted by Gasteiger charge is -2.24. The fourth-order valence-electron chi connectivity index (χ4n) is 3.31. The Bertz CT molecular complexity index is 1020. The summed E-state index contributed by atoms with van der Waals surface area (Å²) in [5.41, 5.74) is 3.91. The largest absolute Gasteiger partial charge is 0.453 e. The Kier molecular flexibility index (Phi) is 5.57. The van der Waals surface area contributed by atoms with Crippen LogP contribution in [0, 0.1) is 0 Å². The molecule has 0 atom stereocenters. The molecule has 2 heterocycles. The van der Waals surface area contributed by atoms with Crippen molar-refractivity contribution in [3.8, 4) is 0 Å². The summed E-state index contributed by atoms with van der Waals surface area (Å²) in [6, 6.07) is 17.8. The molecule has 6 nitrogen and oxygen atoms in total. The number of hydrogen-bond donors (Lipinski definition) is 1. The smallest absolute Gasteiger partial charge is 0.409 e. The Balaban J connectivity index is 1.40. The number of nitrogens with zero attached hydrogens (tertiary/aromatic N) is 2. The maximum Gasteiger partial charge on any atom is 0.409 e. The van der Waals surface area contributed by atoms with Crippen molar-refractivity contribution in [3.63, 3.8) is 0 Å². The number of anilines is 1. The monoisotopic (exact) mass is 407 g/mol. The molecule has 0 bridgehead atoms. The fraction of sp³-hybridized carbons (Fsp3) is 0.227. The van der Waals surface area contributed by atoms with Crippen LogP contribution < -0.4 is 5.32 Å². The SMILES string of the molecule is COC(=O)N1CCc2nc(NC(=O)c3ccc(Cc4ccccc4)cc3)sc2C1. The molecule has 1 N–H and O–H groups in total. The Morgan fingerprint density at radius 3 is 2.55 bits per heavy atom. The Labute approximate surface area is 173 Å². The number of carbonyl (C=O) groups excluding carboxylic acids is 2. The second-order valence-corrected chi connectivity index (χ2v) is 7.93. The highest BCUT2D eigenvalue weighted by atomic mass is 32.1. The van der Waals surface area contributed by atoms with Crippen LogP contribution >= 0.6 is 11.3 Å². The van der Waals surface area contributed by atoms with Crippen molar-refractivity contribution < 1.29 is 14.3 Å². The van der Waals surface area contributed by atoms with E-state index in [0.29, 0.717) is 30.2 Å². The molecule has 3 aromatic rings. The third-order valence-electron chi connectivity index (χ3n) is 4.85. The van der Waals surface area contributed by atoms with E-state index in [2.05, 4.69) is 22.4 Å². The van der Waals surface area contributed by atoms with E-state index in [1.54, 1.807) is 4.90 Å². The van der Waals surface area contributed by atoms with Crippen LogP contribution in [0.5, 0.6) is 0 Å². The summed E-state index contributed by atoms with van der Waals surface area (Å²) in [7, 11) is 1.38. The predicted molar refractivity (Wildman–Crippen MR) is 112 cm³/mol. The second-order valence-electron chi connectivity index (χ2n) is 6.84. The van der Waals surface area contributed by atoms with Gasteiger partial charge in [0.05, 0.1) is 19.3 Å². The second kappa shape index (κ2) is 8.45. The van der Waals surface area contributed by atoms with Gasteiger partial charge in [-0.2, -0.15) is 0 Å².